The summed E-state index contributed by atoms with van der Waals surface area (Å²) in [4.78, 5) is 24.8. The zero-order valence-corrected chi connectivity index (χ0v) is 23.6. The number of esters is 2. The summed E-state index contributed by atoms with van der Waals surface area (Å²) in [7, 11) is 0. The third-order valence-corrected chi connectivity index (χ3v) is 6.64. The first-order valence-electron chi connectivity index (χ1n) is 13.2. The Kier molecular flexibility index (Phi) is 12.7. The highest BCUT2D eigenvalue weighted by Crippen LogP contribution is 2.26. The maximum Gasteiger partial charge on any atom is 0.343 e. The fourth-order valence-electron chi connectivity index (χ4n) is 3.50. The van der Waals surface area contributed by atoms with Crippen molar-refractivity contribution < 1.29 is 33.3 Å². The summed E-state index contributed by atoms with van der Waals surface area (Å²) >= 11 is 6.17. The summed E-state index contributed by atoms with van der Waals surface area (Å²) in [6, 6.07) is 21.0. The molecule has 0 saturated carbocycles. The number of carbonyl (C=O) groups excluding carboxylic acids is 2. The molecule has 0 heterocycles. The number of halogens is 1. The van der Waals surface area contributed by atoms with Gasteiger partial charge in [0, 0.05) is 0 Å². The Morgan fingerprint density at radius 3 is 1.88 bits per heavy atom. The fraction of sp³-hybridized carbons (Fsp3) is 0.312. The Labute approximate surface area is 240 Å². The summed E-state index contributed by atoms with van der Waals surface area (Å²) in [6.45, 7) is 9.79. The number of rotatable bonds is 16. The van der Waals surface area contributed by atoms with Gasteiger partial charge in [0.25, 0.3) is 0 Å². The summed E-state index contributed by atoms with van der Waals surface area (Å²) in [6.07, 6.45) is 2.48. The van der Waals surface area contributed by atoms with E-state index in [2.05, 4.69) is 6.58 Å². The Balaban J connectivity index is 1.45. The van der Waals surface area contributed by atoms with Crippen LogP contribution in [-0.4, -0.2) is 50.4 Å². The van der Waals surface area contributed by atoms with Crippen molar-refractivity contribution in [1.82, 2.24) is 0 Å². The van der Waals surface area contributed by atoms with Crippen molar-refractivity contribution in [2.24, 2.45) is 5.92 Å². The zero-order valence-electron chi connectivity index (χ0n) is 22.8. The molecule has 3 rings (SSSR count). The molecule has 0 saturated heterocycles. The van der Waals surface area contributed by atoms with E-state index in [1.54, 1.807) is 54.6 Å². The highest BCUT2D eigenvalue weighted by Gasteiger charge is 2.23. The van der Waals surface area contributed by atoms with E-state index >= 15 is 0 Å². The molecular formula is C32H35ClO7. The van der Waals surface area contributed by atoms with Crippen LogP contribution in [-0.2, 0) is 14.3 Å². The first-order chi connectivity index (χ1) is 19.4. The van der Waals surface area contributed by atoms with Crippen LogP contribution in [0.4, 0.5) is 0 Å². The minimum Gasteiger partial charge on any atom is -0.491 e. The van der Waals surface area contributed by atoms with Gasteiger partial charge in [-0.1, -0.05) is 50.6 Å². The normalized spacial score (nSPS) is 12.3. The molecule has 0 radical (unpaired) electrons. The number of hydrogen-bond acceptors (Lipinski definition) is 7. The number of alkyl halides is 1. The van der Waals surface area contributed by atoms with Crippen molar-refractivity contribution in [3.8, 4) is 28.4 Å². The van der Waals surface area contributed by atoms with E-state index in [1.807, 2.05) is 38.1 Å². The number of ether oxygens (including phenoxy) is 5. The van der Waals surface area contributed by atoms with Crippen molar-refractivity contribution in [3.05, 3.63) is 91.0 Å². The van der Waals surface area contributed by atoms with Crippen molar-refractivity contribution >= 4 is 23.5 Å². The second kappa shape index (κ2) is 16.5. The van der Waals surface area contributed by atoms with Crippen molar-refractivity contribution in [1.29, 1.82) is 0 Å². The van der Waals surface area contributed by atoms with E-state index in [0.717, 1.165) is 17.5 Å². The third-order valence-electron chi connectivity index (χ3n) is 6.03. The van der Waals surface area contributed by atoms with Crippen molar-refractivity contribution in [2.45, 2.75) is 25.6 Å². The van der Waals surface area contributed by atoms with Crippen LogP contribution in [0.15, 0.2) is 85.5 Å². The van der Waals surface area contributed by atoms with Gasteiger partial charge < -0.3 is 23.7 Å². The number of carbonyl (C=O) groups is 2. The molecule has 7 nitrogen and oxygen atoms in total. The number of hydrogen-bond donors (Lipinski definition) is 0. The lowest BCUT2D eigenvalue weighted by atomic mass is 10.0. The summed E-state index contributed by atoms with van der Waals surface area (Å²) < 4.78 is 27.2. The smallest absolute Gasteiger partial charge is 0.343 e. The lowest BCUT2D eigenvalue weighted by molar-refractivity contribution is -0.134. The molecule has 0 N–H and O–H groups in total. The van der Waals surface area contributed by atoms with Crippen LogP contribution in [0, 0.1) is 5.92 Å². The molecule has 0 unspecified atom stereocenters. The second-order valence-corrected chi connectivity index (χ2v) is 9.47. The molecule has 8 heteroatoms. The highest BCUT2D eigenvalue weighted by atomic mass is 35.5. The zero-order chi connectivity index (χ0) is 28.7. The van der Waals surface area contributed by atoms with Crippen LogP contribution in [0.1, 0.15) is 30.6 Å². The molecule has 2 atom stereocenters. The van der Waals surface area contributed by atoms with E-state index in [-0.39, 0.29) is 5.92 Å². The molecule has 3 aromatic rings. The van der Waals surface area contributed by atoms with Crippen LogP contribution in [0.3, 0.4) is 0 Å². The second-order valence-electron chi connectivity index (χ2n) is 9.00. The van der Waals surface area contributed by atoms with Crippen LogP contribution >= 0.6 is 11.6 Å². The van der Waals surface area contributed by atoms with Crippen LogP contribution in [0.25, 0.3) is 11.1 Å². The van der Waals surface area contributed by atoms with E-state index in [1.165, 1.54) is 0 Å². The van der Waals surface area contributed by atoms with Gasteiger partial charge in [-0.15, -0.1) is 18.2 Å². The molecule has 0 aromatic heterocycles. The Bertz CT molecular complexity index is 1210. The molecule has 212 valence electrons. The first-order valence-corrected chi connectivity index (χ1v) is 13.6. The SMILES string of the molecule is C=CCOCCOCCOc1ccc(C(=O)Oc2ccc(-c3ccc(OC(=O)[C@@H](Cl)[C@@H](C)CC)cc3)cc2)cc1. The van der Waals surface area contributed by atoms with Gasteiger partial charge in [-0.2, -0.15) is 0 Å². The molecule has 0 amide bonds. The summed E-state index contributed by atoms with van der Waals surface area (Å²) in [5.41, 5.74) is 2.25. The predicted molar refractivity (Wildman–Crippen MR) is 155 cm³/mol. The van der Waals surface area contributed by atoms with E-state index < -0.39 is 17.3 Å². The quantitative estimate of drug-likeness (QED) is 0.0625. The minimum atomic E-state index is -0.685. The lowest BCUT2D eigenvalue weighted by Crippen LogP contribution is -2.26. The van der Waals surface area contributed by atoms with Gasteiger partial charge in [0.15, 0.2) is 0 Å². The number of benzene rings is 3. The van der Waals surface area contributed by atoms with Gasteiger partial charge in [-0.3, -0.25) is 4.79 Å². The Morgan fingerprint density at radius 1 is 0.775 bits per heavy atom. The van der Waals surface area contributed by atoms with Crippen LogP contribution in [0.2, 0.25) is 0 Å². The topological polar surface area (TPSA) is 80.3 Å². The predicted octanol–water partition coefficient (Wildman–Crippen LogP) is 6.73. The first kappa shape index (κ1) is 30.9. The molecule has 0 bridgehead atoms. The average molecular weight is 567 g/mol. The molecule has 0 aliphatic heterocycles. The summed E-state index contributed by atoms with van der Waals surface area (Å²) in [5, 5.41) is -0.685. The van der Waals surface area contributed by atoms with Gasteiger partial charge in [-0.05, 0) is 65.6 Å². The maximum atomic E-state index is 12.6. The Morgan fingerprint density at radius 2 is 1.30 bits per heavy atom. The van der Waals surface area contributed by atoms with E-state index in [9.17, 15) is 9.59 Å². The molecule has 0 spiro atoms. The van der Waals surface area contributed by atoms with Gasteiger partial charge in [0.2, 0.25) is 0 Å². The van der Waals surface area contributed by atoms with Crippen LogP contribution in [0.5, 0.6) is 17.2 Å². The van der Waals surface area contributed by atoms with Crippen molar-refractivity contribution in [3.63, 3.8) is 0 Å². The van der Waals surface area contributed by atoms with Gasteiger partial charge in [0.1, 0.15) is 29.2 Å². The van der Waals surface area contributed by atoms with Gasteiger partial charge >= 0.3 is 11.9 Å². The monoisotopic (exact) mass is 566 g/mol. The van der Waals surface area contributed by atoms with Crippen molar-refractivity contribution in [2.75, 3.05) is 33.0 Å². The van der Waals surface area contributed by atoms with E-state index in [4.69, 9.17) is 35.3 Å². The average Bonchev–Trinajstić information content (AvgIpc) is 2.98. The van der Waals surface area contributed by atoms with E-state index in [0.29, 0.717) is 55.8 Å². The Hall–Kier alpha value is -3.65. The van der Waals surface area contributed by atoms with Gasteiger partial charge in [-0.25, -0.2) is 4.79 Å². The van der Waals surface area contributed by atoms with Gasteiger partial charge in [0.05, 0.1) is 32.0 Å². The van der Waals surface area contributed by atoms with Crippen LogP contribution < -0.4 is 14.2 Å². The maximum absolute atomic E-state index is 12.6. The minimum absolute atomic E-state index is 0.0314. The third kappa shape index (κ3) is 9.83. The highest BCUT2D eigenvalue weighted by molar-refractivity contribution is 6.30. The molecule has 3 aromatic carbocycles. The largest absolute Gasteiger partial charge is 0.491 e. The molecular weight excluding hydrogens is 532 g/mol. The molecule has 0 aliphatic rings. The lowest BCUT2D eigenvalue weighted by Gasteiger charge is -2.15. The standard InChI is InChI=1S/C32H35ClO7/c1-4-18-36-19-20-37-21-22-38-27-12-10-26(11-13-27)31(34)39-28-14-6-24(7-15-28)25-8-16-29(17-9-25)40-32(35)30(33)23(3)5-2/h4,6-17,23,30H,1,5,18-22H2,2-3H3/t23-,30-/m0/s1. The summed E-state index contributed by atoms with van der Waals surface area (Å²) in [5.74, 6) is 0.595. The molecule has 40 heavy (non-hydrogen) atoms. The molecule has 0 aliphatic carbocycles. The fourth-order valence-corrected chi connectivity index (χ4v) is 3.72. The molecule has 0 fully saturated rings.